The summed E-state index contributed by atoms with van der Waals surface area (Å²) in [6.45, 7) is 1.86. The van der Waals surface area contributed by atoms with Crippen LogP contribution < -0.4 is 14.2 Å². The van der Waals surface area contributed by atoms with Gasteiger partial charge in [-0.2, -0.15) is 9.97 Å². The molecule has 24 heavy (non-hydrogen) atoms. The number of carboxylic acids is 1. The Morgan fingerprint density at radius 3 is 2.42 bits per heavy atom. The number of fused-ring (bicyclic) bond motifs is 1. The van der Waals surface area contributed by atoms with Gasteiger partial charge in [0.2, 0.25) is 11.8 Å². The molecule has 1 N–H and O–H groups in total. The van der Waals surface area contributed by atoms with Crippen LogP contribution in [0.25, 0.3) is 10.1 Å². The van der Waals surface area contributed by atoms with Crippen LogP contribution in [0, 0.1) is 6.92 Å². The number of aromatic carboxylic acids is 1. The zero-order valence-corrected chi connectivity index (χ0v) is 14.0. The first-order valence-corrected chi connectivity index (χ1v) is 7.80. The van der Waals surface area contributed by atoms with E-state index in [0.29, 0.717) is 5.39 Å². The molecule has 0 fully saturated rings. The van der Waals surface area contributed by atoms with Crippen molar-refractivity contribution in [3.05, 3.63) is 34.7 Å². The van der Waals surface area contributed by atoms with Gasteiger partial charge in [0.15, 0.2) is 0 Å². The third-order valence-corrected chi connectivity index (χ3v) is 4.44. The van der Waals surface area contributed by atoms with Crippen LogP contribution in [0.15, 0.2) is 23.6 Å². The molecule has 0 aliphatic rings. The van der Waals surface area contributed by atoms with Crippen molar-refractivity contribution in [1.82, 2.24) is 9.97 Å². The summed E-state index contributed by atoms with van der Waals surface area (Å²) in [7, 11) is 2.91. The summed E-state index contributed by atoms with van der Waals surface area (Å²) >= 11 is 1.48. The highest BCUT2D eigenvalue weighted by molar-refractivity contribution is 7.17. The molecule has 0 amide bonds. The third kappa shape index (κ3) is 2.83. The zero-order chi connectivity index (χ0) is 17.3. The van der Waals surface area contributed by atoms with Crippen LogP contribution in [0.4, 0.5) is 0 Å². The maximum Gasteiger partial charge on any atom is 0.340 e. The second kappa shape index (κ2) is 6.32. The fourth-order valence-electron chi connectivity index (χ4n) is 2.30. The fourth-order valence-corrected chi connectivity index (χ4v) is 3.25. The van der Waals surface area contributed by atoms with Crippen molar-refractivity contribution < 1.29 is 24.1 Å². The van der Waals surface area contributed by atoms with Crippen LogP contribution in [-0.4, -0.2) is 35.3 Å². The lowest BCUT2D eigenvalue weighted by Gasteiger charge is -2.10. The molecule has 124 valence electrons. The van der Waals surface area contributed by atoms with E-state index in [0.717, 1.165) is 10.3 Å². The van der Waals surface area contributed by atoms with Gasteiger partial charge in [-0.1, -0.05) is 0 Å². The number of hydrogen-bond donors (Lipinski definition) is 1. The average Bonchev–Trinajstić information content (AvgIpc) is 2.95. The van der Waals surface area contributed by atoms with Crippen molar-refractivity contribution in [2.24, 2.45) is 0 Å². The number of thiophene rings is 1. The van der Waals surface area contributed by atoms with Crippen LogP contribution in [0.2, 0.25) is 0 Å². The van der Waals surface area contributed by atoms with E-state index < -0.39 is 5.97 Å². The van der Waals surface area contributed by atoms with Gasteiger partial charge < -0.3 is 19.3 Å². The second-order valence-corrected chi connectivity index (χ2v) is 5.78. The van der Waals surface area contributed by atoms with Crippen molar-refractivity contribution in [1.29, 1.82) is 0 Å². The van der Waals surface area contributed by atoms with Gasteiger partial charge in [-0.05, 0) is 30.0 Å². The summed E-state index contributed by atoms with van der Waals surface area (Å²) in [5.74, 6) is -0.415. The maximum atomic E-state index is 11.8. The van der Waals surface area contributed by atoms with E-state index in [9.17, 15) is 9.90 Å². The highest BCUT2D eigenvalue weighted by Crippen LogP contribution is 2.36. The molecule has 2 heterocycles. The molecule has 1 aromatic carbocycles. The number of methoxy groups -OCH3 is 2. The summed E-state index contributed by atoms with van der Waals surface area (Å²) in [4.78, 5) is 19.9. The number of carbonyl (C=O) groups is 1. The summed E-state index contributed by atoms with van der Waals surface area (Å²) in [6.07, 6.45) is 0. The van der Waals surface area contributed by atoms with E-state index in [1.54, 1.807) is 6.07 Å². The Morgan fingerprint density at radius 1 is 1.17 bits per heavy atom. The minimum atomic E-state index is -1.08. The average molecular weight is 346 g/mol. The van der Waals surface area contributed by atoms with Gasteiger partial charge in [0.25, 0.3) is 0 Å². The molecule has 0 saturated carbocycles. The molecule has 0 unspecified atom stereocenters. The number of ether oxygens (including phenoxy) is 3. The fraction of sp³-hybridized carbons (Fsp3) is 0.188. The van der Waals surface area contributed by atoms with Crippen LogP contribution in [0.1, 0.15) is 15.9 Å². The Bertz CT molecular complexity index is 900. The van der Waals surface area contributed by atoms with E-state index in [-0.39, 0.29) is 29.1 Å². The lowest BCUT2D eigenvalue weighted by molar-refractivity contribution is 0.0696. The molecule has 8 heteroatoms. The lowest BCUT2D eigenvalue weighted by Crippen LogP contribution is -2.03. The predicted molar refractivity (Wildman–Crippen MR) is 88.7 cm³/mol. The minimum Gasteiger partial charge on any atom is -0.481 e. The van der Waals surface area contributed by atoms with Crippen LogP contribution in [0.5, 0.6) is 23.5 Å². The monoisotopic (exact) mass is 346 g/mol. The van der Waals surface area contributed by atoms with Gasteiger partial charge in [-0.15, -0.1) is 11.3 Å². The number of aryl methyl sites for hydroxylation is 1. The maximum absolute atomic E-state index is 11.8. The van der Waals surface area contributed by atoms with Crippen LogP contribution in [0.3, 0.4) is 0 Å². The van der Waals surface area contributed by atoms with Gasteiger partial charge >= 0.3 is 12.0 Å². The molecule has 0 spiro atoms. The van der Waals surface area contributed by atoms with E-state index in [1.807, 2.05) is 18.4 Å². The molecule has 7 nitrogen and oxygen atoms in total. The number of rotatable bonds is 5. The summed E-state index contributed by atoms with van der Waals surface area (Å²) in [6, 6.07) is 4.85. The van der Waals surface area contributed by atoms with Gasteiger partial charge in [0.05, 0.1) is 20.3 Å². The number of aromatic nitrogens is 2. The lowest BCUT2D eigenvalue weighted by atomic mass is 10.1. The Morgan fingerprint density at radius 2 is 1.83 bits per heavy atom. The topological polar surface area (TPSA) is 90.8 Å². The van der Waals surface area contributed by atoms with Crippen molar-refractivity contribution in [3.63, 3.8) is 0 Å². The largest absolute Gasteiger partial charge is 0.481 e. The highest BCUT2D eigenvalue weighted by Gasteiger charge is 2.20. The molecular formula is C16H14N2O5S. The molecule has 2 aromatic heterocycles. The van der Waals surface area contributed by atoms with Crippen molar-refractivity contribution in [3.8, 4) is 23.5 Å². The third-order valence-electron chi connectivity index (χ3n) is 3.38. The SMILES string of the molecule is COc1cc(OC)nc(Oc2ccc3scc(C)c3c2C(=O)O)n1. The van der Waals surface area contributed by atoms with Crippen molar-refractivity contribution in [2.45, 2.75) is 6.92 Å². The molecular weight excluding hydrogens is 332 g/mol. The quantitative estimate of drug-likeness (QED) is 0.756. The number of hydrogen-bond acceptors (Lipinski definition) is 7. The first-order chi connectivity index (χ1) is 11.5. The normalized spacial score (nSPS) is 10.6. The van der Waals surface area contributed by atoms with Gasteiger partial charge in [0, 0.05) is 10.1 Å². The number of carboxylic acid groups (broad SMARTS) is 1. The van der Waals surface area contributed by atoms with Crippen LogP contribution >= 0.6 is 11.3 Å². The Hall–Kier alpha value is -2.87. The molecule has 0 radical (unpaired) electrons. The number of nitrogens with zero attached hydrogens (tertiary/aromatic N) is 2. The Kier molecular flexibility index (Phi) is 4.22. The van der Waals surface area contributed by atoms with Crippen molar-refractivity contribution in [2.75, 3.05) is 14.2 Å². The van der Waals surface area contributed by atoms with E-state index >= 15 is 0 Å². The molecule has 0 aliphatic heterocycles. The first-order valence-electron chi connectivity index (χ1n) is 6.92. The van der Waals surface area contributed by atoms with Gasteiger partial charge in [0.1, 0.15) is 11.3 Å². The zero-order valence-electron chi connectivity index (χ0n) is 13.2. The van der Waals surface area contributed by atoms with Gasteiger partial charge in [-0.3, -0.25) is 0 Å². The molecule has 0 aliphatic carbocycles. The molecule has 0 saturated heterocycles. The smallest absolute Gasteiger partial charge is 0.340 e. The Labute approximate surface area is 141 Å². The molecule has 3 aromatic rings. The summed E-state index contributed by atoms with van der Waals surface area (Å²) in [5, 5.41) is 12.2. The standard InChI is InChI=1S/C16H14N2O5S/c1-8-7-24-10-5-4-9(14(13(8)10)15(19)20)23-16-17-11(21-2)6-12(18-16)22-3/h4-7H,1-3H3,(H,19,20). The first kappa shape index (κ1) is 16.0. The molecule has 3 rings (SSSR count). The number of benzene rings is 1. The Balaban J connectivity index is 2.12. The highest BCUT2D eigenvalue weighted by atomic mass is 32.1. The van der Waals surface area contributed by atoms with E-state index in [2.05, 4.69) is 9.97 Å². The van der Waals surface area contributed by atoms with Crippen molar-refractivity contribution >= 4 is 27.4 Å². The van der Waals surface area contributed by atoms with Crippen LogP contribution in [-0.2, 0) is 0 Å². The van der Waals surface area contributed by atoms with E-state index in [4.69, 9.17) is 14.2 Å². The minimum absolute atomic E-state index is 0.0547. The van der Waals surface area contributed by atoms with Gasteiger partial charge in [-0.25, -0.2) is 4.79 Å². The summed E-state index contributed by atoms with van der Waals surface area (Å²) in [5.41, 5.74) is 0.957. The second-order valence-electron chi connectivity index (χ2n) is 4.87. The molecule has 0 bridgehead atoms. The van der Waals surface area contributed by atoms with E-state index in [1.165, 1.54) is 31.6 Å². The predicted octanol–water partition coefficient (Wildman–Crippen LogP) is 3.51. The summed E-state index contributed by atoms with van der Waals surface area (Å²) < 4.78 is 16.6. The molecule has 0 atom stereocenters.